The predicted molar refractivity (Wildman–Crippen MR) is 85.9 cm³/mol. The quantitative estimate of drug-likeness (QED) is 0.866. The second-order valence-electron chi connectivity index (χ2n) is 5.48. The van der Waals surface area contributed by atoms with Crippen molar-refractivity contribution in [2.75, 3.05) is 0 Å². The van der Waals surface area contributed by atoms with Crippen LogP contribution in [-0.4, -0.2) is 32.3 Å². The molecule has 1 N–H and O–H groups in total. The summed E-state index contributed by atoms with van der Waals surface area (Å²) in [6.07, 6.45) is 0.528. The zero-order valence-corrected chi connectivity index (χ0v) is 13.8. The first-order valence-corrected chi connectivity index (χ1v) is 9.19. The van der Waals surface area contributed by atoms with Gasteiger partial charge in [0.05, 0.1) is 0 Å². The topological polar surface area (TPSA) is 29.5 Å². The molecule has 2 aromatic rings. The summed E-state index contributed by atoms with van der Waals surface area (Å²) in [5.41, 5.74) is 1.17. The normalized spacial score (nSPS) is 29.2. The Morgan fingerprint density at radius 1 is 1.00 bits per heavy atom. The Morgan fingerprint density at radius 2 is 1.62 bits per heavy atom. The van der Waals surface area contributed by atoms with Gasteiger partial charge in [-0.15, -0.1) is 0 Å². The number of ether oxygens (including phenoxy) is 1. The van der Waals surface area contributed by atoms with Gasteiger partial charge in [0.25, 0.3) is 0 Å². The number of hydrogen-bond donors (Lipinski definition) is 1. The van der Waals surface area contributed by atoms with Crippen LogP contribution >= 0.6 is 0 Å². The predicted octanol–water partition coefficient (Wildman–Crippen LogP) is 2.72. The van der Waals surface area contributed by atoms with Crippen molar-refractivity contribution in [2.45, 2.75) is 36.5 Å². The van der Waals surface area contributed by atoms with Crippen LogP contribution in [0.3, 0.4) is 0 Å². The molecule has 3 heteroatoms. The Labute approximate surface area is 132 Å². The fourth-order valence-corrected chi connectivity index (χ4v) is 5.37. The number of aliphatic hydroxyl groups is 1. The molecule has 0 aliphatic carbocycles. The van der Waals surface area contributed by atoms with Gasteiger partial charge in [0.1, 0.15) is 0 Å². The second kappa shape index (κ2) is 6.76. The van der Waals surface area contributed by atoms with E-state index in [2.05, 4.69) is 36.4 Å². The Bertz CT molecular complexity index is 558. The first-order valence-electron chi connectivity index (χ1n) is 7.34. The molecule has 0 unspecified atom stereocenters. The zero-order valence-electron chi connectivity index (χ0n) is 12.1. The van der Waals surface area contributed by atoms with Gasteiger partial charge in [-0.05, 0) is 0 Å². The van der Waals surface area contributed by atoms with Crippen molar-refractivity contribution in [2.24, 2.45) is 0 Å². The summed E-state index contributed by atoms with van der Waals surface area (Å²) in [5, 5.41) is 10.6. The summed E-state index contributed by atoms with van der Waals surface area (Å²) in [6.45, 7) is 2.05. The third-order valence-corrected chi connectivity index (χ3v) is 6.66. The number of hydrogen-bond acceptors (Lipinski definition) is 2. The molecule has 0 aromatic heterocycles. The van der Waals surface area contributed by atoms with Crippen LogP contribution < -0.4 is 4.46 Å². The fourth-order valence-electron chi connectivity index (χ4n) is 2.77. The van der Waals surface area contributed by atoms with Crippen molar-refractivity contribution in [1.29, 1.82) is 0 Å². The van der Waals surface area contributed by atoms with E-state index in [9.17, 15) is 5.11 Å². The molecule has 0 amide bonds. The van der Waals surface area contributed by atoms with E-state index in [-0.39, 0.29) is 38.1 Å². The van der Waals surface area contributed by atoms with E-state index in [1.165, 1.54) is 10.0 Å². The molecule has 2 aromatic carbocycles. The van der Waals surface area contributed by atoms with Crippen LogP contribution in [0, 0.1) is 0 Å². The van der Waals surface area contributed by atoms with Crippen LogP contribution in [0.15, 0.2) is 60.7 Å². The maximum atomic E-state index is 10.6. The summed E-state index contributed by atoms with van der Waals surface area (Å²) in [4.78, 5) is 0.165. The Morgan fingerprint density at radius 3 is 2.29 bits per heavy atom. The van der Waals surface area contributed by atoms with Crippen molar-refractivity contribution < 1.29 is 9.84 Å². The molecule has 1 saturated heterocycles. The molecule has 1 aliphatic heterocycles. The van der Waals surface area contributed by atoms with E-state index in [0.29, 0.717) is 0 Å². The zero-order chi connectivity index (χ0) is 14.7. The minimum atomic E-state index is -0.292. The van der Waals surface area contributed by atoms with Crippen molar-refractivity contribution in [3.63, 3.8) is 0 Å². The van der Waals surface area contributed by atoms with Crippen LogP contribution in [0.2, 0.25) is 4.82 Å². The van der Waals surface area contributed by atoms with Crippen LogP contribution in [0.1, 0.15) is 25.0 Å². The summed E-state index contributed by atoms with van der Waals surface area (Å²) >= 11 is 0.196. The average Bonchev–Trinajstić information content (AvgIpc) is 2.51. The van der Waals surface area contributed by atoms with E-state index in [4.69, 9.17) is 4.74 Å². The number of benzene rings is 2. The molecule has 3 rings (SSSR count). The first kappa shape index (κ1) is 14.8. The fraction of sp³-hybridized carbons (Fsp3) is 0.333. The van der Waals surface area contributed by atoms with Gasteiger partial charge in [-0.2, -0.15) is 0 Å². The molecule has 4 atom stereocenters. The number of rotatable bonds is 3. The summed E-state index contributed by atoms with van der Waals surface area (Å²) in [6, 6.07) is 20.7. The standard InChI is InChI=1S/C18H20O2Se/c1-13-12-16(19)18(21-15-10-6-3-7-11-15)17(20-13)14-8-4-2-5-9-14/h2-11,13,16-19H,12H2,1H3/t13-,16-,17+,18+/m0/s1. The van der Waals surface area contributed by atoms with Crippen molar-refractivity contribution in [3.8, 4) is 0 Å². The van der Waals surface area contributed by atoms with Crippen molar-refractivity contribution in [1.82, 2.24) is 0 Å². The van der Waals surface area contributed by atoms with Gasteiger partial charge in [-0.25, -0.2) is 0 Å². The molecular weight excluding hydrogens is 327 g/mol. The van der Waals surface area contributed by atoms with Gasteiger partial charge in [0.2, 0.25) is 0 Å². The van der Waals surface area contributed by atoms with Gasteiger partial charge in [0, 0.05) is 0 Å². The molecule has 1 heterocycles. The molecule has 0 spiro atoms. The third kappa shape index (κ3) is 3.56. The summed E-state index contributed by atoms with van der Waals surface area (Å²) < 4.78 is 7.50. The van der Waals surface area contributed by atoms with Crippen LogP contribution in [0.5, 0.6) is 0 Å². The minimum absolute atomic E-state index is 0.00911. The van der Waals surface area contributed by atoms with Crippen LogP contribution in [0.25, 0.3) is 0 Å². The van der Waals surface area contributed by atoms with Crippen molar-refractivity contribution >= 4 is 19.4 Å². The Hall–Kier alpha value is -1.12. The van der Waals surface area contributed by atoms with Gasteiger partial charge >= 0.3 is 132 Å². The maximum absolute atomic E-state index is 10.6. The summed E-state index contributed by atoms with van der Waals surface area (Å²) in [7, 11) is 0. The van der Waals surface area contributed by atoms with Gasteiger partial charge in [-0.1, -0.05) is 0 Å². The Balaban J connectivity index is 1.86. The molecule has 2 nitrogen and oxygen atoms in total. The second-order valence-corrected chi connectivity index (χ2v) is 8.10. The van der Waals surface area contributed by atoms with E-state index in [1.54, 1.807) is 0 Å². The van der Waals surface area contributed by atoms with E-state index < -0.39 is 0 Å². The van der Waals surface area contributed by atoms with Crippen molar-refractivity contribution in [3.05, 3.63) is 66.2 Å². The van der Waals surface area contributed by atoms with Gasteiger partial charge in [-0.3, -0.25) is 0 Å². The van der Waals surface area contributed by atoms with E-state index >= 15 is 0 Å². The average molecular weight is 347 g/mol. The first-order chi connectivity index (χ1) is 10.2. The molecule has 0 radical (unpaired) electrons. The molecule has 0 saturated carbocycles. The molecule has 110 valence electrons. The molecular formula is C18H20O2Se. The van der Waals surface area contributed by atoms with Gasteiger partial charge < -0.3 is 0 Å². The third-order valence-electron chi connectivity index (χ3n) is 3.77. The molecule has 1 fully saturated rings. The molecule has 1 aliphatic rings. The SMILES string of the molecule is C[C@H]1C[C@H](O)[C@@H]([Se]c2ccccc2)[C@@H](c2ccccc2)O1. The monoisotopic (exact) mass is 348 g/mol. The molecule has 21 heavy (non-hydrogen) atoms. The van der Waals surface area contributed by atoms with Gasteiger partial charge in [0.15, 0.2) is 0 Å². The van der Waals surface area contributed by atoms with E-state index in [1.807, 2.05) is 31.2 Å². The Kier molecular flexibility index (Phi) is 4.76. The van der Waals surface area contributed by atoms with Crippen LogP contribution in [0.4, 0.5) is 0 Å². The summed E-state index contributed by atoms with van der Waals surface area (Å²) in [5.74, 6) is 0. The molecule has 0 bridgehead atoms. The number of aliphatic hydroxyl groups excluding tert-OH is 1. The van der Waals surface area contributed by atoms with E-state index in [0.717, 1.165) is 6.42 Å². The van der Waals surface area contributed by atoms with Crippen LogP contribution in [-0.2, 0) is 4.74 Å².